The van der Waals surface area contributed by atoms with Gasteiger partial charge in [0.1, 0.15) is 6.04 Å². The first-order valence-electron chi connectivity index (χ1n) is 4.09. The molecule has 1 aliphatic heterocycles. The van der Waals surface area contributed by atoms with Crippen LogP contribution in [-0.2, 0) is 9.59 Å². The van der Waals surface area contributed by atoms with E-state index in [2.05, 4.69) is 0 Å². The normalized spacial score (nSPS) is 21.5. The molecule has 0 aromatic heterocycles. The number of halogens is 3. The van der Waals surface area contributed by atoms with Crippen LogP contribution in [-0.4, -0.2) is 40.6 Å². The Kier molecular flexibility index (Phi) is 3.01. The minimum absolute atomic E-state index is 0.100. The van der Waals surface area contributed by atoms with Crippen LogP contribution in [0.3, 0.4) is 0 Å². The molecule has 84 valence electrons. The van der Waals surface area contributed by atoms with Gasteiger partial charge in [0.25, 0.3) is 0 Å². The lowest BCUT2D eigenvalue weighted by Crippen LogP contribution is -2.51. The second-order valence-corrected chi connectivity index (χ2v) is 3.02. The fourth-order valence-electron chi connectivity index (χ4n) is 1.29. The smallest absolute Gasteiger partial charge is 0.471 e. The van der Waals surface area contributed by atoms with Gasteiger partial charge < -0.3 is 10.0 Å². The summed E-state index contributed by atoms with van der Waals surface area (Å²) in [6.07, 6.45) is -2.35. The van der Waals surface area contributed by atoms with Crippen LogP contribution in [0.4, 0.5) is 13.2 Å². The summed E-state index contributed by atoms with van der Waals surface area (Å²) in [6.45, 7) is -0.324. The van der Waals surface area contributed by atoms with E-state index in [0.717, 1.165) is 0 Å². The molecule has 0 spiro atoms. The van der Waals surface area contributed by atoms with Crippen LogP contribution in [0.2, 0.25) is 0 Å². The quantitative estimate of drug-likeness (QED) is 0.668. The summed E-state index contributed by atoms with van der Waals surface area (Å²) in [5.74, 6) is -3.55. The van der Waals surface area contributed by atoms with Crippen molar-refractivity contribution in [2.75, 3.05) is 6.54 Å². The van der Waals surface area contributed by atoms with E-state index in [4.69, 9.17) is 5.11 Å². The third kappa shape index (κ3) is 2.48. The van der Waals surface area contributed by atoms with Gasteiger partial charge in [0.05, 0.1) is 0 Å². The van der Waals surface area contributed by atoms with Gasteiger partial charge in [-0.2, -0.15) is 13.2 Å². The number of carboxylic acids is 1. The van der Waals surface area contributed by atoms with Gasteiger partial charge in [0, 0.05) is 6.54 Å². The Labute approximate surface area is 83.0 Å². The topological polar surface area (TPSA) is 57.6 Å². The molecule has 1 unspecified atom stereocenters. The highest BCUT2D eigenvalue weighted by molar-refractivity contribution is 5.87. The summed E-state index contributed by atoms with van der Waals surface area (Å²) in [6, 6.07) is -1.43. The lowest BCUT2D eigenvalue weighted by Gasteiger charge is -2.30. The number of carbonyl (C=O) groups is 2. The molecule has 1 aliphatic rings. The summed E-state index contributed by atoms with van der Waals surface area (Å²) < 4.78 is 36.2. The highest BCUT2D eigenvalue weighted by atomic mass is 19.4. The van der Waals surface area contributed by atoms with Gasteiger partial charge in [-0.05, 0) is 6.42 Å². The predicted molar refractivity (Wildman–Crippen MR) is 42.9 cm³/mol. The van der Waals surface area contributed by atoms with E-state index in [1.807, 2.05) is 0 Å². The Balaban J connectivity index is 2.88. The van der Waals surface area contributed by atoms with E-state index < -0.39 is 24.1 Å². The molecule has 15 heavy (non-hydrogen) atoms. The number of aliphatic carboxylic acids is 1. The first-order valence-corrected chi connectivity index (χ1v) is 4.09. The van der Waals surface area contributed by atoms with Crippen LogP contribution in [0.5, 0.6) is 0 Å². The first-order chi connectivity index (χ1) is 6.84. The molecule has 0 radical (unpaired) electrons. The maximum atomic E-state index is 12.1. The molecular formula is C8H8F3NO3. The van der Waals surface area contributed by atoms with E-state index in [1.54, 1.807) is 0 Å². The molecule has 0 aromatic carbocycles. The lowest BCUT2D eigenvalue weighted by molar-refractivity contribution is -0.189. The maximum absolute atomic E-state index is 12.1. The zero-order chi connectivity index (χ0) is 11.6. The molecule has 1 rings (SSSR count). The summed E-state index contributed by atoms with van der Waals surface area (Å²) in [5.41, 5.74) is 0. The Morgan fingerprint density at radius 3 is 2.40 bits per heavy atom. The fourth-order valence-corrected chi connectivity index (χ4v) is 1.29. The van der Waals surface area contributed by atoms with Crippen molar-refractivity contribution in [2.45, 2.75) is 18.6 Å². The molecule has 0 aliphatic carbocycles. The van der Waals surface area contributed by atoms with Crippen LogP contribution in [0.1, 0.15) is 6.42 Å². The molecule has 7 heteroatoms. The van der Waals surface area contributed by atoms with Gasteiger partial charge >= 0.3 is 18.1 Å². The van der Waals surface area contributed by atoms with E-state index in [9.17, 15) is 22.8 Å². The van der Waals surface area contributed by atoms with Gasteiger partial charge in [-0.25, -0.2) is 4.79 Å². The Morgan fingerprint density at radius 1 is 1.33 bits per heavy atom. The molecule has 0 fully saturated rings. The Bertz CT molecular complexity index is 311. The largest absolute Gasteiger partial charge is 0.480 e. The van der Waals surface area contributed by atoms with Crippen molar-refractivity contribution in [2.24, 2.45) is 0 Å². The highest BCUT2D eigenvalue weighted by Crippen LogP contribution is 2.22. The molecule has 1 atom stereocenters. The third-order valence-corrected chi connectivity index (χ3v) is 1.99. The SMILES string of the molecule is O=C(O)C1CC=CCN1C(=O)C(F)(F)F. The van der Waals surface area contributed by atoms with Crippen LogP contribution >= 0.6 is 0 Å². The number of amides is 1. The number of carboxylic acid groups (broad SMARTS) is 1. The van der Waals surface area contributed by atoms with Gasteiger partial charge in [-0.15, -0.1) is 0 Å². The summed E-state index contributed by atoms with van der Waals surface area (Å²) in [4.78, 5) is 21.7. The number of rotatable bonds is 1. The van der Waals surface area contributed by atoms with Crippen LogP contribution < -0.4 is 0 Å². The molecule has 1 N–H and O–H groups in total. The molecule has 1 amide bonds. The molecular weight excluding hydrogens is 215 g/mol. The fraction of sp³-hybridized carbons (Fsp3) is 0.500. The van der Waals surface area contributed by atoms with Crippen molar-refractivity contribution >= 4 is 11.9 Å². The maximum Gasteiger partial charge on any atom is 0.471 e. The molecule has 4 nitrogen and oxygen atoms in total. The molecule has 1 heterocycles. The van der Waals surface area contributed by atoms with E-state index in [1.165, 1.54) is 12.2 Å². The van der Waals surface area contributed by atoms with Crippen molar-refractivity contribution in [3.05, 3.63) is 12.2 Å². The number of nitrogens with zero attached hydrogens (tertiary/aromatic N) is 1. The van der Waals surface area contributed by atoms with Crippen molar-refractivity contribution in [1.82, 2.24) is 4.90 Å². The van der Waals surface area contributed by atoms with E-state index in [-0.39, 0.29) is 13.0 Å². The summed E-state index contributed by atoms with van der Waals surface area (Å²) in [5, 5.41) is 8.63. The zero-order valence-electron chi connectivity index (χ0n) is 7.49. The highest BCUT2D eigenvalue weighted by Gasteiger charge is 2.46. The van der Waals surface area contributed by atoms with Crippen molar-refractivity contribution in [3.8, 4) is 0 Å². The Morgan fingerprint density at radius 2 is 1.93 bits per heavy atom. The second kappa shape index (κ2) is 3.92. The second-order valence-electron chi connectivity index (χ2n) is 3.02. The van der Waals surface area contributed by atoms with Gasteiger partial charge in [-0.3, -0.25) is 4.79 Å². The first kappa shape index (κ1) is 11.5. The van der Waals surface area contributed by atoms with Crippen molar-refractivity contribution in [3.63, 3.8) is 0 Å². The minimum Gasteiger partial charge on any atom is -0.480 e. The van der Waals surface area contributed by atoms with Gasteiger partial charge in [-0.1, -0.05) is 12.2 Å². The van der Waals surface area contributed by atoms with Crippen LogP contribution in [0.15, 0.2) is 12.2 Å². The lowest BCUT2D eigenvalue weighted by atomic mass is 10.1. The summed E-state index contributed by atoms with van der Waals surface area (Å²) in [7, 11) is 0. The van der Waals surface area contributed by atoms with Crippen molar-refractivity contribution in [1.29, 1.82) is 0 Å². The average Bonchev–Trinajstić information content (AvgIpc) is 2.15. The van der Waals surface area contributed by atoms with E-state index >= 15 is 0 Å². The molecule has 0 bridgehead atoms. The molecule has 0 saturated carbocycles. The number of alkyl halides is 3. The molecule has 0 aromatic rings. The van der Waals surface area contributed by atoms with E-state index in [0.29, 0.717) is 4.90 Å². The standard InChI is InChI=1S/C8H8F3NO3/c9-8(10,11)7(15)12-4-2-1-3-5(12)6(13)14/h1-2,5H,3-4H2,(H,13,14). The minimum atomic E-state index is -5.03. The molecule has 0 saturated heterocycles. The van der Waals surface area contributed by atoms with Gasteiger partial charge in [0.2, 0.25) is 0 Å². The van der Waals surface area contributed by atoms with Crippen LogP contribution in [0, 0.1) is 0 Å². The monoisotopic (exact) mass is 223 g/mol. The Hall–Kier alpha value is -1.53. The van der Waals surface area contributed by atoms with Crippen LogP contribution in [0.25, 0.3) is 0 Å². The number of hydrogen-bond donors (Lipinski definition) is 1. The number of carbonyl (C=O) groups excluding carboxylic acids is 1. The number of hydrogen-bond acceptors (Lipinski definition) is 2. The summed E-state index contributed by atoms with van der Waals surface area (Å²) >= 11 is 0. The predicted octanol–water partition coefficient (Wildman–Crippen LogP) is 0.790. The van der Waals surface area contributed by atoms with Crippen molar-refractivity contribution < 1.29 is 27.9 Å². The zero-order valence-corrected chi connectivity index (χ0v) is 7.49. The third-order valence-electron chi connectivity index (χ3n) is 1.99. The average molecular weight is 223 g/mol. The van der Waals surface area contributed by atoms with Gasteiger partial charge in [0.15, 0.2) is 0 Å².